The van der Waals surface area contributed by atoms with E-state index in [9.17, 15) is 0 Å². The molecule has 1 aliphatic heterocycles. The van der Waals surface area contributed by atoms with E-state index in [4.69, 9.17) is 4.74 Å². The number of thiazole rings is 1. The van der Waals surface area contributed by atoms with E-state index >= 15 is 0 Å². The van der Waals surface area contributed by atoms with E-state index in [0.29, 0.717) is 11.8 Å². The van der Waals surface area contributed by atoms with Crippen LogP contribution in [0.15, 0.2) is 5.38 Å². The van der Waals surface area contributed by atoms with Gasteiger partial charge in [-0.1, -0.05) is 13.8 Å². The van der Waals surface area contributed by atoms with Crippen LogP contribution in [0.3, 0.4) is 0 Å². The highest BCUT2D eigenvalue weighted by molar-refractivity contribution is 7.09. The average molecular weight is 268 g/mol. The van der Waals surface area contributed by atoms with Gasteiger partial charge in [-0.15, -0.1) is 11.3 Å². The van der Waals surface area contributed by atoms with Gasteiger partial charge < -0.3 is 10.1 Å². The highest BCUT2D eigenvalue weighted by Gasteiger charge is 2.29. The average Bonchev–Trinajstić information content (AvgIpc) is 2.76. The molecule has 0 aliphatic carbocycles. The molecule has 0 saturated carbocycles. The Kier molecular flexibility index (Phi) is 5.15. The first kappa shape index (κ1) is 14.0. The lowest BCUT2D eigenvalue weighted by atomic mass is 9.94. The molecule has 1 N–H and O–H groups in total. The van der Waals surface area contributed by atoms with Gasteiger partial charge in [0.2, 0.25) is 0 Å². The van der Waals surface area contributed by atoms with Crippen molar-refractivity contribution < 1.29 is 4.74 Å². The molecule has 2 atom stereocenters. The van der Waals surface area contributed by atoms with E-state index in [1.165, 1.54) is 12.8 Å². The van der Waals surface area contributed by atoms with Crippen molar-refractivity contribution in [3.63, 3.8) is 0 Å². The predicted molar refractivity (Wildman–Crippen MR) is 76.0 cm³/mol. The Morgan fingerprint density at radius 2 is 2.39 bits per heavy atom. The van der Waals surface area contributed by atoms with Crippen LogP contribution in [0.5, 0.6) is 0 Å². The molecule has 0 bridgehead atoms. The van der Waals surface area contributed by atoms with Crippen LogP contribution in [0.2, 0.25) is 0 Å². The highest BCUT2D eigenvalue weighted by Crippen LogP contribution is 2.34. The Balaban J connectivity index is 1.93. The minimum absolute atomic E-state index is 0.206. The van der Waals surface area contributed by atoms with Gasteiger partial charge in [0, 0.05) is 30.1 Å². The third-order valence-corrected chi connectivity index (χ3v) is 4.31. The highest BCUT2D eigenvalue weighted by atomic mass is 32.1. The summed E-state index contributed by atoms with van der Waals surface area (Å²) in [6.07, 6.45) is 2.63. The van der Waals surface area contributed by atoms with Crippen molar-refractivity contribution in [3.05, 3.63) is 16.1 Å². The van der Waals surface area contributed by atoms with Gasteiger partial charge in [0.05, 0.1) is 0 Å². The molecule has 0 aromatic carbocycles. The van der Waals surface area contributed by atoms with Crippen molar-refractivity contribution in [1.29, 1.82) is 0 Å². The zero-order chi connectivity index (χ0) is 13.0. The van der Waals surface area contributed by atoms with Gasteiger partial charge in [0.25, 0.3) is 0 Å². The molecule has 2 heterocycles. The number of nitrogens with one attached hydrogen (secondary N) is 1. The van der Waals surface area contributed by atoms with E-state index in [0.717, 1.165) is 30.4 Å². The van der Waals surface area contributed by atoms with Crippen LogP contribution in [-0.4, -0.2) is 24.7 Å². The normalized spacial score (nSPS) is 24.7. The third-order valence-electron chi connectivity index (χ3n) is 3.28. The summed E-state index contributed by atoms with van der Waals surface area (Å²) in [7, 11) is 0. The number of aromatic nitrogens is 1. The van der Waals surface area contributed by atoms with E-state index in [1.807, 2.05) is 0 Å². The van der Waals surface area contributed by atoms with Gasteiger partial charge in [-0.05, 0) is 32.2 Å². The predicted octanol–water partition coefficient (Wildman–Crippen LogP) is 3.16. The van der Waals surface area contributed by atoms with Crippen LogP contribution in [0, 0.1) is 18.8 Å². The zero-order valence-electron chi connectivity index (χ0n) is 11.6. The molecule has 0 radical (unpaired) electrons. The van der Waals surface area contributed by atoms with Crippen molar-refractivity contribution in [2.45, 2.75) is 39.7 Å². The molecule has 0 spiro atoms. The first-order valence-corrected chi connectivity index (χ1v) is 7.79. The van der Waals surface area contributed by atoms with Crippen molar-refractivity contribution in [1.82, 2.24) is 10.3 Å². The van der Waals surface area contributed by atoms with Crippen LogP contribution in [-0.2, 0) is 4.74 Å². The lowest BCUT2D eigenvalue weighted by Crippen LogP contribution is -2.33. The quantitative estimate of drug-likeness (QED) is 0.890. The molecule has 1 aromatic rings. The molecule has 4 heteroatoms. The van der Waals surface area contributed by atoms with Gasteiger partial charge in [-0.2, -0.15) is 0 Å². The summed E-state index contributed by atoms with van der Waals surface area (Å²) in [6, 6.07) is 0. The summed E-state index contributed by atoms with van der Waals surface area (Å²) in [5.74, 6) is 1.28. The summed E-state index contributed by atoms with van der Waals surface area (Å²) in [6.45, 7) is 9.54. The number of hydrogen-bond donors (Lipinski definition) is 1. The van der Waals surface area contributed by atoms with Crippen LogP contribution in [0.1, 0.15) is 43.5 Å². The maximum absolute atomic E-state index is 5.96. The number of hydrogen-bond acceptors (Lipinski definition) is 4. The van der Waals surface area contributed by atoms with E-state index in [2.05, 4.69) is 36.5 Å². The lowest BCUT2D eigenvalue weighted by Gasteiger charge is -2.30. The Morgan fingerprint density at radius 1 is 1.56 bits per heavy atom. The van der Waals surface area contributed by atoms with Gasteiger partial charge in [0.15, 0.2) is 0 Å². The SMILES string of the molecule is Cc1csc(C2OCCCC2CNCC(C)C)n1. The first-order valence-electron chi connectivity index (χ1n) is 6.91. The van der Waals surface area contributed by atoms with Gasteiger partial charge in [0.1, 0.15) is 11.1 Å². The molecule has 0 amide bonds. The second kappa shape index (κ2) is 6.64. The molecule has 18 heavy (non-hydrogen) atoms. The fourth-order valence-electron chi connectivity index (χ4n) is 2.39. The number of ether oxygens (including phenoxy) is 1. The maximum Gasteiger partial charge on any atom is 0.122 e. The van der Waals surface area contributed by atoms with Crippen LogP contribution >= 0.6 is 11.3 Å². The summed E-state index contributed by atoms with van der Waals surface area (Å²) >= 11 is 1.74. The van der Waals surface area contributed by atoms with E-state index < -0.39 is 0 Å². The fourth-order valence-corrected chi connectivity index (χ4v) is 3.32. The number of nitrogens with zero attached hydrogens (tertiary/aromatic N) is 1. The minimum atomic E-state index is 0.206. The van der Waals surface area contributed by atoms with Crippen LogP contribution in [0.4, 0.5) is 0 Å². The third kappa shape index (κ3) is 3.77. The van der Waals surface area contributed by atoms with Crippen molar-refractivity contribution in [2.24, 2.45) is 11.8 Å². The Labute approximate surface area is 114 Å². The van der Waals surface area contributed by atoms with Crippen molar-refractivity contribution >= 4 is 11.3 Å². The first-order chi connectivity index (χ1) is 8.66. The Hall–Kier alpha value is -0.450. The van der Waals surface area contributed by atoms with Gasteiger partial charge >= 0.3 is 0 Å². The molecule has 1 aliphatic rings. The van der Waals surface area contributed by atoms with Crippen molar-refractivity contribution in [3.8, 4) is 0 Å². The monoisotopic (exact) mass is 268 g/mol. The zero-order valence-corrected chi connectivity index (χ0v) is 12.4. The fraction of sp³-hybridized carbons (Fsp3) is 0.786. The smallest absolute Gasteiger partial charge is 0.122 e. The number of aryl methyl sites for hydroxylation is 1. The lowest BCUT2D eigenvalue weighted by molar-refractivity contribution is -0.0280. The van der Waals surface area contributed by atoms with Gasteiger partial charge in [-0.3, -0.25) is 0 Å². The summed E-state index contributed by atoms with van der Waals surface area (Å²) in [4.78, 5) is 4.59. The van der Waals surface area contributed by atoms with E-state index in [1.54, 1.807) is 11.3 Å². The second-order valence-electron chi connectivity index (χ2n) is 5.57. The van der Waals surface area contributed by atoms with Crippen LogP contribution < -0.4 is 5.32 Å². The standard InChI is InChI=1S/C14H24N2OS/c1-10(2)7-15-8-12-5-4-6-17-13(12)14-16-11(3)9-18-14/h9-10,12-13,15H,4-8H2,1-3H3. The number of rotatable bonds is 5. The second-order valence-corrected chi connectivity index (χ2v) is 6.46. The minimum Gasteiger partial charge on any atom is -0.371 e. The molecular weight excluding hydrogens is 244 g/mol. The maximum atomic E-state index is 5.96. The molecule has 2 unspecified atom stereocenters. The van der Waals surface area contributed by atoms with Gasteiger partial charge in [-0.25, -0.2) is 4.98 Å². The Morgan fingerprint density at radius 3 is 3.06 bits per heavy atom. The summed E-state index contributed by atoms with van der Waals surface area (Å²) < 4.78 is 5.96. The van der Waals surface area contributed by atoms with Crippen molar-refractivity contribution in [2.75, 3.05) is 19.7 Å². The molecular formula is C14H24N2OS. The van der Waals surface area contributed by atoms with E-state index in [-0.39, 0.29) is 6.10 Å². The summed E-state index contributed by atoms with van der Waals surface area (Å²) in [5.41, 5.74) is 1.11. The molecule has 1 aromatic heterocycles. The molecule has 1 fully saturated rings. The van der Waals surface area contributed by atoms with Crippen LogP contribution in [0.25, 0.3) is 0 Å². The largest absolute Gasteiger partial charge is 0.371 e. The Bertz CT molecular complexity index is 364. The molecule has 3 nitrogen and oxygen atoms in total. The summed E-state index contributed by atoms with van der Waals surface area (Å²) in [5, 5.41) is 6.83. The molecule has 2 rings (SSSR count). The topological polar surface area (TPSA) is 34.1 Å². The molecule has 1 saturated heterocycles. The molecule has 102 valence electrons.